The minimum Gasteiger partial charge on any atom is -0.329 e. The van der Waals surface area contributed by atoms with E-state index in [0.717, 1.165) is 4.47 Å². The average molecular weight is 274 g/mol. The van der Waals surface area contributed by atoms with Crippen molar-refractivity contribution < 1.29 is 0 Å². The van der Waals surface area contributed by atoms with Gasteiger partial charge in [0.15, 0.2) is 0 Å². The Balaban J connectivity index is 2.83. The van der Waals surface area contributed by atoms with Crippen LogP contribution in [0.1, 0.15) is 24.7 Å². The Morgan fingerprint density at radius 3 is 2.50 bits per heavy atom. The zero-order chi connectivity index (χ0) is 10.6. The maximum absolute atomic E-state index is 5.78. The minimum atomic E-state index is 0.394. The summed E-state index contributed by atoms with van der Waals surface area (Å²) in [5.74, 6) is 0. The standard InChI is InChI=1S/C11H16BrNS/c1-8(2)14-11(7-13)9-5-3-4-6-10(9)12/h3-6,8,11H,7,13H2,1-2H3. The van der Waals surface area contributed by atoms with Crippen LogP contribution in [0, 0.1) is 0 Å². The molecule has 1 aromatic rings. The number of hydrogen-bond acceptors (Lipinski definition) is 2. The van der Waals surface area contributed by atoms with E-state index in [1.165, 1.54) is 5.56 Å². The third kappa shape index (κ3) is 3.30. The van der Waals surface area contributed by atoms with Crippen molar-refractivity contribution in [3.63, 3.8) is 0 Å². The summed E-state index contributed by atoms with van der Waals surface area (Å²) in [6, 6.07) is 8.29. The lowest BCUT2D eigenvalue weighted by Crippen LogP contribution is -2.12. The molecule has 1 atom stereocenters. The molecule has 0 aromatic heterocycles. The molecule has 1 rings (SSSR count). The van der Waals surface area contributed by atoms with E-state index in [2.05, 4.69) is 48.0 Å². The highest BCUT2D eigenvalue weighted by Gasteiger charge is 2.14. The van der Waals surface area contributed by atoms with Gasteiger partial charge in [-0.3, -0.25) is 0 Å². The van der Waals surface area contributed by atoms with Crippen LogP contribution < -0.4 is 5.73 Å². The lowest BCUT2D eigenvalue weighted by atomic mass is 10.1. The van der Waals surface area contributed by atoms with E-state index in [1.54, 1.807) is 0 Å². The quantitative estimate of drug-likeness (QED) is 0.908. The molecule has 1 unspecified atom stereocenters. The Morgan fingerprint density at radius 1 is 1.36 bits per heavy atom. The zero-order valence-electron chi connectivity index (χ0n) is 8.53. The smallest absolute Gasteiger partial charge is 0.0433 e. The number of rotatable bonds is 4. The molecule has 0 radical (unpaired) electrons. The average Bonchev–Trinajstić information content (AvgIpc) is 2.15. The molecule has 3 heteroatoms. The third-order valence-corrected chi connectivity index (χ3v) is 3.94. The van der Waals surface area contributed by atoms with Crippen molar-refractivity contribution in [2.24, 2.45) is 5.73 Å². The van der Waals surface area contributed by atoms with Crippen molar-refractivity contribution in [3.8, 4) is 0 Å². The molecule has 0 aliphatic carbocycles. The Morgan fingerprint density at radius 2 is 2.00 bits per heavy atom. The Kier molecular flexibility index (Phi) is 4.99. The highest BCUT2D eigenvalue weighted by atomic mass is 79.9. The third-order valence-electron chi connectivity index (χ3n) is 1.90. The van der Waals surface area contributed by atoms with Gasteiger partial charge >= 0.3 is 0 Å². The molecule has 1 aromatic carbocycles. The number of halogens is 1. The van der Waals surface area contributed by atoms with Crippen molar-refractivity contribution in [1.29, 1.82) is 0 Å². The SMILES string of the molecule is CC(C)SC(CN)c1ccccc1Br. The van der Waals surface area contributed by atoms with Crippen molar-refractivity contribution in [1.82, 2.24) is 0 Å². The molecule has 0 amide bonds. The van der Waals surface area contributed by atoms with Gasteiger partial charge in [0, 0.05) is 16.3 Å². The monoisotopic (exact) mass is 273 g/mol. The number of benzene rings is 1. The number of nitrogens with two attached hydrogens (primary N) is 1. The Labute approximate surface area is 98.6 Å². The molecule has 0 aliphatic rings. The number of thioether (sulfide) groups is 1. The summed E-state index contributed by atoms with van der Waals surface area (Å²) in [6.07, 6.45) is 0. The highest BCUT2D eigenvalue weighted by Crippen LogP contribution is 2.34. The van der Waals surface area contributed by atoms with Gasteiger partial charge in [-0.25, -0.2) is 0 Å². The van der Waals surface area contributed by atoms with Gasteiger partial charge in [-0.2, -0.15) is 0 Å². The van der Waals surface area contributed by atoms with Gasteiger partial charge in [0.1, 0.15) is 0 Å². The first-order valence-electron chi connectivity index (χ1n) is 4.75. The van der Waals surface area contributed by atoms with Crippen LogP contribution >= 0.6 is 27.7 Å². The molecular weight excluding hydrogens is 258 g/mol. The van der Waals surface area contributed by atoms with E-state index in [9.17, 15) is 0 Å². The second kappa shape index (κ2) is 5.79. The molecule has 0 saturated heterocycles. The first-order chi connectivity index (χ1) is 6.65. The van der Waals surface area contributed by atoms with Gasteiger partial charge in [-0.1, -0.05) is 48.0 Å². The van der Waals surface area contributed by atoms with Crippen molar-refractivity contribution in [2.75, 3.05) is 6.54 Å². The zero-order valence-corrected chi connectivity index (χ0v) is 10.9. The maximum Gasteiger partial charge on any atom is 0.0433 e. The molecule has 0 spiro atoms. The van der Waals surface area contributed by atoms with E-state index < -0.39 is 0 Å². The van der Waals surface area contributed by atoms with Crippen LogP contribution in [0.25, 0.3) is 0 Å². The van der Waals surface area contributed by atoms with Gasteiger partial charge in [0.05, 0.1) is 0 Å². The van der Waals surface area contributed by atoms with Crippen LogP contribution in [-0.4, -0.2) is 11.8 Å². The fourth-order valence-corrected chi connectivity index (χ4v) is 3.15. The van der Waals surface area contributed by atoms with E-state index in [1.807, 2.05) is 17.8 Å². The Hall–Kier alpha value is 0.01000. The minimum absolute atomic E-state index is 0.394. The molecule has 0 aliphatic heterocycles. The molecule has 0 heterocycles. The van der Waals surface area contributed by atoms with Gasteiger partial charge in [-0.15, -0.1) is 11.8 Å². The highest BCUT2D eigenvalue weighted by molar-refractivity contribution is 9.10. The second-order valence-corrected chi connectivity index (χ2v) is 6.07. The predicted octanol–water partition coefficient (Wildman–Crippen LogP) is 3.59. The van der Waals surface area contributed by atoms with Crippen molar-refractivity contribution >= 4 is 27.7 Å². The van der Waals surface area contributed by atoms with E-state index >= 15 is 0 Å². The van der Waals surface area contributed by atoms with E-state index in [-0.39, 0.29) is 0 Å². The van der Waals surface area contributed by atoms with Gasteiger partial charge < -0.3 is 5.73 Å². The Bertz CT molecular complexity index is 288. The first kappa shape index (κ1) is 12.1. The summed E-state index contributed by atoms with van der Waals surface area (Å²) in [5.41, 5.74) is 7.08. The van der Waals surface area contributed by atoms with Crippen LogP contribution in [0.2, 0.25) is 0 Å². The summed E-state index contributed by atoms with van der Waals surface area (Å²) >= 11 is 5.47. The second-order valence-electron chi connectivity index (χ2n) is 3.43. The molecule has 1 nitrogen and oxygen atoms in total. The first-order valence-corrected chi connectivity index (χ1v) is 6.48. The fourth-order valence-electron chi connectivity index (χ4n) is 1.32. The van der Waals surface area contributed by atoms with Gasteiger partial charge in [-0.05, 0) is 16.9 Å². The maximum atomic E-state index is 5.78. The van der Waals surface area contributed by atoms with Crippen LogP contribution in [0.3, 0.4) is 0 Å². The molecule has 0 fully saturated rings. The molecule has 14 heavy (non-hydrogen) atoms. The molecular formula is C11H16BrNS. The lowest BCUT2D eigenvalue weighted by Gasteiger charge is -2.18. The molecule has 0 saturated carbocycles. The lowest BCUT2D eigenvalue weighted by molar-refractivity contribution is 0.924. The molecule has 78 valence electrons. The van der Waals surface area contributed by atoms with E-state index in [4.69, 9.17) is 5.73 Å². The van der Waals surface area contributed by atoms with E-state index in [0.29, 0.717) is 17.0 Å². The van der Waals surface area contributed by atoms with Crippen molar-refractivity contribution in [2.45, 2.75) is 24.3 Å². The predicted molar refractivity (Wildman–Crippen MR) is 68.7 cm³/mol. The normalized spacial score (nSPS) is 13.2. The summed E-state index contributed by atoms with van der Waals surface area (Å²) < 4.78 is 1.16. The summed E-state index contributed by atoms with van der Waals surface area (Å²) in [5, 5.41) is 1.00. The summed E-state index contributed by atoms with van der Waals surface area (Å²) in [6.45, 7) is 5.08. The van der Waals surface area contributed by atoms with Crippen LogP contribution in [-0.2, 0) is 0 Å². The largest absolute Gasteiger partial charge is 0.329 e. The van der Waals surface area contributed by atoms with Crippen LogP contribution in [0.5, 0.6) is 0 Å². The summed E-state index contributed by atoms with van der Waals surface area (Å²) in [7, 11) is 0. The van der Waals surface area contributed by atoms with Gasteiger partial charge in [0.2, 0.25) is 0 Å². The molecule has 2 N–H and O–H groups in total. The van der Waals surface area contributed by atoms with Crippen LogP contribution in [0.4, 0.5) is 0 Å². The van der Waals surface area contributed by atoms with Crippen LogP contribution in [0.15, 0.2) is 28.7 Å². The topological polar surface area (TPSA) is 26.0 Å². The summed E-state index contributed by atoms with van der Waals surface area (Å²) in [4.78, 5) is 0. The number of hydrogen-bond donors (Lipinski definition) is 1. The van der Waals surface area contributed by atoms with Gasteiger partial charge in [0.25, 0.3) is 0 Å². The molecule has 0 bridgehead atoms. The van der Waals surface area contributed by atoms with Crippen molar-refractivity contribution in [3.05, 3.63) is 34.3 Å². The fraction of sp³-hybridized carbons (Fsp3) is 0.455.